The fourth-order valence-corrected chi connectivity index (χ4v) is 4.44. The van der Waals surface area contributed by atoms with E-state index in [1.165, 1.54) is 12.1 Å². The number of aromatic hydroxyl groups is 1. The number of carbonyl (C=O) groups excluding carboxylic acids is 1. The van der Waals surface area contributed by atoms with E-state index in [4.69, 9.17) is 9.84 Å². The van der Waals surface area contributed by atoms with Crippen LogP contribution in [0.15, 0.2) is 73.0 Å². The molecule has 2 N–H and O–H groups in total. The van der Waals surface area contributed by atoms with Crippen LogP contribution < -0.4 is 4.74 Å². The number of aliphatic carboxylic acids is 1. The molecule has 0 amide bonds. The minimum atomic E-state index is -1.15. The highest BCUT2D eigenvalue weighted by Crippen LogP contribution is 2.41. The zero-order valence-corrected chi connectivity index (χ0v) is 17.0. The fourth-order valence-electron chi connectivity index (χ4n) is 3.22. The highest BCUT2D eigenvalue weighted by Gasteiger charge is 2.22. The van der Waals surface area contributed by atoms with Crippen LogP contribution >= 0.6 is 11.3 Å². The molecule has 0 fully saturated rings. The SMILES string of the molecule is O=C(O)/C=C/Oc1ccc(-c2c(C(=O)c3cc(F)cc(F)c3)sc3cc(O)ccc23)cc1. The summed E-state index contributed by atoms with van der Waals surface area (Å²) in [6.07, 6.45) is 1.88. The Bertz CT molecular complexity index is 1350. The van der Waals surface area contributed by atoms with Gasteiger partial charge in [0.15, 0.2) is 0 Å². The lowest BCUT2D eigenvalue weighted by molar-refractivity contribution is -0.131. The van der Waals surface area contributed by atoms with Gasteiger partial charge in [-0.25, -0.2) is 13.6 Å². The first-order chi connectivity index (χ1) is 15.3. The summed E-state index contributed by atoms with van der Waals surface area (Å²) in [5, 5.41) is 19.2. The number of ketones is 1. The summed E-state index contributed by atoms with van der Waals surface area (Å²) in [7, 11) is 0. The van der Waals surface area contributed by atoms with Crippen molar-refractivity contribution in [1.29, 1.82) is 0 Å². The maximum absolute atomic E-state index is 13.7. The van der Waals surface area contributed by atoms with Crippen molar-refractivity contribution in [3.8, 4) is 22.6 Å². The molecule has 0 saturated carbocycles. The molecule has 0 saturated heterocycles. The van der Waals surface area contributed by atoms with E-state index >= 15 is 0 Å². The van der Waals surface area contributed by atoms with Crippen LogP contribution in [-0.2, 0) is 4.79 Å². The van der Waals surface area contributed by atoms with E-state index in [9.17, 15) is 23.5 Å². The molecular weight excluding hydrogens is 438 g/mol. The van der Waals surface area contributed by atoms with E-state index in [1.54, 1.807) is 30.3 Å². The number of carboxylic acids is 1. The normalized spacial score (nSPS) is 11.2. The highest BCUT2D eigenvalue weighted by molar-refractivity contribution is 7.21. The lowest BCUT2D eigenvalue weighted by Crippen LogP contribution is -2.02. The van der Waals surface area contributed by atoms with Gasteiger partial charge in [-0.1, -0.05) is 12.1 Å². The number of phenols is 1. The highest BCUT2D eigenvalue weighted by atomic mass is 32.1. The summed E-state index contributed by atoms with van der Waals surface area (Å²) >= 11 is 1.11. The van der Waals surface area contributed by atoms with Gasteiger partial charge in [-0.05, 0) is 48.0 Å². The zero-order valence-electron chi connectivity index (χ0n) is 16.2. The van der Waals surface area contributed by atoms with Gasteiger partial charge in [0.25, 0.3) is 0 Å². The van der Waals surface area contributed by atoms with Crippen molar-refractivity contribution in [2.45, 2.75) is 0 Å². The van der Waals surface area contributed by atoms with Crippen molar-refractivity contribution in [3.63, 3.8) is 0 Å². The van der Waals surface area contributed by atoms with Crippen LogP contribution in [-0.4, -0.2) is 22.0 Å². The Kier molecular flexibility index (Phi) is 5.70. The number of hydrogen-bond donors (Lipinski definition) is 2. The molecule has 0 atom stereocenters. The number of phenolic OH excluding ortho intramolecular Hbond substituents is 1. The molecule has 0 radical (unpaired) electrons. The molecule has 32 heavy (non-hydrogen) atoms. The summed E-state index contributed by atoms with van der Waals surface area (Å²) in [6.45, 7) is 0. The van der Waals surface area contributed by atoms with Gasteiger partial charge in [0, 0.05) is 27.3 Å². The van der Waals surface area contributed by atoms with Gasteiger partial charge in [0.2, 0.25) is 5.78 Å². The molecule has 0 aliphatic heterocycles. The second-order valence-corrected chi connectivity index (χ2v) is 7.81. The molecule has 3 aromatic carbocycles. The van der Waals surface area contributed by atoms with E-state index < -0.39 is 23.4 Å². The molecule has 1 aromatic heterocycles. The Morgan fingerprint density at radius 3 is 2.28 bits per heavy atom. The number of fused-ring (bicyclic) bond motifs is 1. The Hall–Kier alpha value is -4.04. The first-order valence-electron chi connectivity index (χ1n) is 9.24. The second kappa shape index (κ2) is 8.60. The van der Waals surface area contributed by atoms with Gasteiger partial charge < -0.3 is 14.9 Å². The molecule has 0 unspecified atom stereocenters. The molecule has 4 rings (SSSR count). The van der Waals surface area contributed by atoms with Crippen molar-refractivity contribution in [1.82, 2.24) is 0 Å². The molecule has 1 heterocycles. The largest absolute Gasteiger partial charge is 0.508 e. The molecule has 0 bridgehead atoms. The third-order valence-corrected chi connectivity index (χ3v) is 5.71. The number of carbonyl (C=O) groups is 2. The molecule has 4 aromatic rings. The summed E-state index contributed by atoms with van der Waals surface area (Å²) < 4.78 is 33.3. The Morgan fingerprint density at radius 2 is 1.62 bits per heavy atom. The van der Waals surface area contributed by atoms with Crippen molar-refractivity contribution in [3.05, 3.63) is 95.1 Å². The van der Waals surface area contributed by atoms with Crippen LogP contribution in [0.3, 0.4) is 0 Å². The monoisotopic (exact) mass is 452 g/mol. The Morgan fingerprint density at radius 1 is 0.938 bits per heavy atom. The fraction of sp³-hybridized carbons (Fsp3) is 0. The van der Waals surface area contributed by atoms with E-state index in [2.05, 4.69) is 0 Å². The van der Waals surface area contributed by atoms with Gasteiger partial charge in [0.05, 0.1) is 17.2 Å². The lowest BCUT2D eigenvalue weighted by Gasteiger charge is -2.07. The van der Waals surface area contributed by atoms with E-state index in [0.717, 1.165) is 35.8 Å². The summed E-state index contributed by atoms with van der Waals surface area (Å²) in [6, 6.07) is 13.9. The number of hydrogen-bond acceptors (Lipinski definition) is 5. The Labute approximate surface area is 184 Å². The van der Waals surface area contributed by atoms with E-state index in [-0.39, 0.29) is 16.2 Å². The van der Waals surface area contributed by atoms with Crippen molar-refractivity contribution >= 4 is 33.2 Å². The smallest absolute Gasteiger partial charge is 0.331 e. The molecule has 0 aliphatic rings. The number of benzene rings is 3. The van der Waals surface area contributed by atoms with Gasteiger partial charge in [-0.3, -0.25) is 4.79 Å². The molecule has 8 heteroatoms. The lowest BCUT2D eigenvalue weighted by atomic mass is 9.98. The molecule has 0 aliphatic carbocycles. The summed E-state index contributed by atoms with van der Waals surface area (Å²) in [5.41, 5.74) is 1.06. The van der Waals surface area contributed by atoms with Crippen LogP contribution in [0.5, 0.6) is 11.5 Å². The standard InChI is InChI=1S/C24H14F2O5S/c25-15-9-14(10-16(26)11-15)23(30)24-22(19-6-3-17(27)12-20(19)32-24)13-1-4-18(5-2-13)31-8-7-21(28)29/h1-12,27H,(H,28,29)/b8-7+. The number of carboxylic acid groups (broad SMARTS) is 1. The minimum Gasteiger partial charge on any atom is -0.508 e. The average molecular weight is 452 g/mol. The third kappa shape index (κ3) is 4.35. The summed E-state index contributed by atoms with van der Waals surface area (Å²) in [4.78, 5) is 24.0. The van der Waals surface area contributed by atoms with Crippen LogP contribution in [0, 0.1) is 11.6 Å². The van der Waals surface area contributed by atoms with Crippen molar-refractivity contribution in [2.24, 2.45) is 0 Å². The van der Waals surface area contributed by atoms with E-state index in [1.807, 2.05) is 0 Å². The predicted octanol–water partition coefficient (Wildman–Crippen LogP) is 5.76. The topological polar surface area (TPSA) is 83.8 Å². The number of halogens is 2. The summed E-state index contributed by atoms with van der Waals surface area (Å²) in [5.74, 6) is -3.01. The number of rotatable bonds is 6. The molecule has 160 valence electrons. The van der Waals surface area contributed by atoms with Gasteiger partial charge >= 0.3 is 5.97 Å². The average Bonchev–Trinajstić information content (AvgIpc) is 3.11. The van der Waals surface area contributed by atoms with Crippen LogP contribution in [0.1, 0.15) is 15.2 Å². The van der Waals surface area contributed by atoms with Gasteiger partial charge in [-0.15, -0.1) is 11.3 Å². The van der Waals surface area contributed by atoms with Gasteiger partial charge in [-0.2, -0.15) is 0 Å². The molecule has 5 nitrogen and oxygen atoms in total. The maximum atomic E-state index is 13.7. The third-order valence-electron chi connectivity index (χ3n) is 4.56. The quantitative estimate of drug-likeness (QED) is 0.221. The number of ether oxygens (including phenoxy) is 1. The van der Waals surface area contributed by atoms with Crippen molar-refractivity contribution in [2.75, 3.05) is 0 Å². The van der Waals surface area contributed by atoms with Crippen LogP contribution in [0.25, 0.3) is 21.2 Å². The first-order valence-corrected chi connectivity index (χ1v) is 10.1. The van der Waals surface area contributed by atoms with Gasteiger partial charge in [0.1, 0.15) is 23.1 Å². The molecular formula is C24H14F2O5S. The zero-order chi connectivity index (χ0) is 22.8. The van der Waals surface area contributed by atoms with Crippen LogP contribution in [0.4, 0.5) is 8.78 Å². The second-order valence-electron chi connectivity index (χ2n) is 6.76. The Balaban J connectivity index is 1.81. The minimum absolute atomic E-state index is 0.0232. The predicted molar refractivity (Wildman–Crippen MR) is 116 cm³/mol. The first kappa shape index (κ1) is 21.2. The maximum Gasteiger partial charge on any atom is 0.331 e. The van der Waals surface area contributed by atoms with E-state index in [0.29, 0.717) is 33.0 Å². The van der Waals surface area contributed by atoms with Crippen molar-refractivity contribution < 1.29 is 33.3 Å². The molecule has 0 spiro atoms. The van der Waals surface area contributed by atoms with Crippen LogP contribution in [0.2, 0.25) is 0 Å². The number of thiophene rings is 1.